The van der Waals surface area contributed by atoms with Crippen LogP contribution in [0, 0.1) is 12.7 Å². The molecule has 0 unspecified atom stereocenters. The molecule has 1 aliphatic heterocycles. The van der Waals surface area contributed by atoms with Crippen molar-refractivity contribution in [3.8, 4) is 17.1 Å². The molecule has 0 aliphatic carbocycles. The molecule has 2 heterocycles. The van der Waals surface area contributed by atoms with Crippen LogP contribution in [0.3, 0.4) is 0 Å². The van der Waals surface area contributed by atoms with Crippen molar-refractivity contribution in [1.82, 2.24) is 14.8 Å². The number of hydrogen-bond donors (Lipinski definition) is 0. The van der Waals surface area contributed by atoms with Gasteiger partial charge in [0, 0.05) is 17.9 Å². The zero-order valence-electron chi connectivity index (χ0n) is 16.4. The number of rotatable bonds is 8. The highest BCUT2D eigenvalue weighted by molar-refractivity contribution is 7.99. The summed E-state index contributed by atoms with van der Waals surface area (Å²) >= 11 is 1.61. The van der Waals surface area contributed by atoms with E-state index in [1.165, 1.54) is 17.7 Å². The van der Waals surface area contributed by atoms with Crippen LogP contribution >= 0.6 is 11.8 Å². The topological polar surface area (TPSA) is 49.2 Å². The summed E-state index contributed by atoms with van der Waals surface area (Å²) in [6.07, 6.45) is 2.26. The second kappa shape index (κ2) is 9.41. The van der Waals surface area contributed by atoms with E-state index >= 15 is 0 Å². The average Bonchev–Trinajstić information content (AvgIpc) is 3.38. The largest absolute Gasteiger partial charge is 0.493 e. The van der Waals surface area contributed by atoms with Crippen molar-refractivity contribution in [2.45, 2.75) is 37.6 Å². The molecule has 1 fully saturated rings. The number of aromatic nitrogens is 3. The summed E-state index contributed by atoms with van der Waals surface area (Å²) in [6, 6.07) is 14.4. The van der Waals surface area contributed by atoms with Crippen molar-refractivity contribution in [2.24, 2.45) is 0 Å². The normalized spacial score (nSPS) is 16.3. The van der Waals surface area contributed by atoms with E-state index in [0.717, 1.165) is 47.5 Å². The zero-order chi connectivity index (χ0) is 20.1. The first-order valence-corrected chi connectivity index (χ1v) is 10.8. The second-order valence-corrected chi connectivity index (χ2v) is 8.13. The third kappa shape index (κ3) is 5.16. The molecule has 3 aromatic rings. The Labute approximate surface area is 174 Å². The number of hydrogen-bond acceptors (Lipinski definition) is 5. The predicted octanol–water partition coefficient (Wildman–Crippen LogP) is 4.74. The molecule has 1 aliphatic rings. The van der Waals surface area contributed by atoms with Crippen molar-refractivity contribution in [2.75, 3.05) is 19.0 Å². The Hall–Kier alpha value is -2.38. The van der Waals surface area contributed by atoms with Gasteiger partial charge < -0.3 is 9.47 Å². The van der Waals surface area contributed by atoms with Gasteiger partial charge in [0.05, 0.1) is 19.3 Å². The predicted molar refractivity (Wildman–Crippen MR) is 112 cm³/mol. The van der Waals surface area contributed by atoms with Gasteiger partial charge in [-0.3, -0.25) is 4.57 Å². The Kier molecular flexibility index (Phi) is 6.46. The molecule has 0 bridgehead atoms. The lowest BCUT2D eigenvalue weighted by Gasteiger charge is -2.15. The van der Waals surface area contributed by atoms with E-state index in [1.54, 1.807) is 23.9 Å². The average molecular weight is 414 g/mol. The van der Waals surface area contributed by atoms with Crippen LogP contribution in [-0.2, 0) is 11.3 Å². The molecule has 1 aromatic heterocycles. The number of thioether (sulfide) groups is 1. The Morgan fingerprint density at radius 1 is 1.14 bits per heavy atom. The SMILES string of the molecule is Cc1ccc(OCCSc2nnc(-c3ccc(F)cc3)n2C[C@@H]2CCCO2)cc1. The van der Waals surface area contributed by atoms with E-state index in [0.29, 0.717) is 13.2 Å². The first-order chi connectivity index (χ1) is 14.2. The van der Waals surface area contributed by atoms with Crippen molar-refractivity contribution in [3.63, 3.8) is 0 Å². The maximum absolute atomic E-state index is 13.3. The molecular formula is C22H24FN3O2S. The molecule has 5 nitrogen and oxygen atoms in total. The van der Waals surface area contributed by atoms with E-state index in [-0.39, 0.29) is 11.9 Å². The summed E-state index contributed by atoms with van der Waals surface area (Å²) in [6.45, 7) is 4.12. The molecular weight excluding hydrogens is 389 g/mol. The molecule has 29 heavy (non-hydrogen) atoms. The monoisotopic (exact) mass is 413 g/mol. The summed E-state index contributed by atoms with van der Waals surface area (Å²) in [7, 11) is 0. The van der Waals surface area contributed by atoms with Gasteiger partial charge in [-0.25, -0.2) is 4.39 Å². The summed E-state index contributed by atoms with van der Waals surface area (Å²) in [4.78, 5) is 0. The van der Waals surface area contributed by atoms with Gasteiger partial charge in [0.1, 0.15) is 11.6 Å². The van der Waals surface area contributed by atoms with E-state index < -0.39 is 0 Å². The van der Waals surface area contributed by atoms with Gasteiger partial charge in [-0.15, -0.1) is 10.2 Å². The van der Waals surface area contributed by atoms with Crippen molar-refractivity contribution < 1.29 is 13.9 Å². The fraction of sp³-hybridized carbons (Fsp3) is 0.364. The van der Waals surface area contributed by atoms with Crippen LogP contribution in [0.2, 0.25) is 0 Å². The maximum atomic E-state index is 13.3. The number of aryl methyl sites for hydroxylation is 1. The van der Waals surface area contributed by atoms with Crippen molar-refractivity contribution >= 4 is 11.8 Å². The van der Waals surface area contributed by atoms with Gasteiger partial charge in [0.2, 0.25) is 0 Å². The zero-order valence-corrected chi connectivity index (χ0v) is 17.2. The number of benzene rings is 2. The lowest BCUT2D eigenvalue weighted by Crippen LogP contribution is -2.17. The molecule has 7 heteroatoms. The Balaban J connectivity index is 1.44. The van der Waals surface area contributed by atoms with Crippen LogP contribution in [0.25, 0.3) is 11.4 Å². The quantitative estimate of drug-likeness (QED) is 0.394. The van der Waals surface area contributed by atoms with Crippen LogP contribution < -0.4 is 4.74 Å². The van der Waals surface area contributed by atoms with E-state index in [9.17, 15) is 4.39 Å². The van der Waals surface area contributed by atoms with Gasteiger partial charge in [0.25, 0.3) is 0 Å². The molecule has 152 valence electrons. The fourth-order valence-electron chi connectivity index (χ4n) is 3.29. The minimum atomic E-state index is -0.262. The molecule has 0 radical (unpaired) electrons. The number of nitrogens with zero attached hydrogens (tertiary/aromatic N) is 3. The van der Waals surface area contributed by atoms with Gasteiger partial charge in [-0.2, -0.15) is 0 Å². The minimum Gasteiger partial charge on any atom is -0.493 e. The van der Waals surface area contributed by atoms with Gasteiger partial charge >= 0.3 is 0 Å². The Morgan fingerprint density at radius 2 is 1.93 bits per heavy atom. The minimum absolute atomic E-state index is 0.161. The second-order valence-electron chi connectivity index (χ2n) is 7.07. The molecule has 0 saturated carbocycles. The van der Waals surface area contributed by atoms with Crippen molar-refractivity contribution in [1.29, 1.82) is 0 Å². The summed E-state index contributed by atoms with van der Waals surface area (Å²) in [5.74, 6) is 2.09. The third-order valence-electron chi connectivity index (χ3n) is 4.83. The maximum Gasteiger partial charge on any atom is 0.191 e. The summed E-state index contributed by atoms with van der Waals surface area (Å²) in [5, 5.41) is 9.59. The van der Waals surface area contributed by atoms with Crippen molar-refractivity contribution in [3.05, 3.63) is 59.9 Å². The highest BCUT2D eigenvalue weighted by atomic mass is 32.2. The first kappa shape index (κ1) is 19.9. The van der Waals surface area contributed by atoms with Gasteiger partial charge in [-0.1, -0.05) is 29.5 Å². The van der Waals surface area contributed by atoms with Crippen LogP contribution in [-0.4, -0.2) is 39.8 Å². The Morgan fingerprint density at radius 3 is 2.66 bits per heavy atom. The molecule has 2 aromatic carbocycles. The fourth-order valence-corrected chi connectivity index (χ4v) is 4.06. The van der Waals surface area contributed by atoms with E-state index in [4.69, 9.17) is 9.47 Å². The molecule has 1 atom stereocenters. The molecule has 0 spiro atoms. The third-order valence-corrected chi connectivity index (χ3v) is 5.76. The van der Waals surface area contributed by atoms with Crippen LogP contribution in [0.15, 0.2) is 53.7 Å². The first-order valence-electron chi connectivity index (χ1n) is 9.82. The molecule has 0 N–H and O–H groups in total. The number of halogens is 1. The van der Waals surface area contributed by atoms with E-state index in [2.05, 4.69) is 21.7 Å². The van der Waals surface area contributed by atoms with E-state index in [1.807, 2.05) is 24.3 Å². The molecule has 1 saturated heterocycles. The standard InChI is InChI=1S/C22H24FN3O2S/c1-16-4-10-19(11-5-16)28-13-14-29-22-25-24-21(17-6-8-18(23)9-7-17)26(22)15-20-3-2-12-27-20/h4-11,20H,2-3,12-15H2,1H3/t20-/m0/s1. The summed E-state index contributed by atoms with van der Waals surface area (Å²) < 4.78 is 27.0. The van der Waals surface area contributed by atoms with Crippen LogP contribution in [0.5, 0.6) is 5.75 Å². The highest BCUT2D eigenvalue weighted by Gasteiger charge is 2.21. The highest BCUT2D eigenvalue weighted by Crippen LogP contribution is 2.27. The molecule has 4 rings (SSSR count). The van der Waals surface area contributed by atoms with Crippen LogP contribution in [0.4, 0.5) is 4.39 Å². The Bertz CT molecular complexity index is 922. The molecule has 0 amide bonds. The number of ether oxygens (including phenoxy) is 2. The smallest absolute Gasteiger partial charge is 0.191 e. The van der Waals surface area contributed by atoms with Crippen LogP contribution in [0.1, 0.15) is 18.4 Å². The van der Waals surface area contributed by atoms with Gasteiger partial charge in [-0.05, 0) is 56.2 Å². The lowest BCUT2D eigenvalue weighted by molar-refractivity contribution is 0.0953. The summed E-state index contributed by atoms with van der Waals surface area (Å²) in [5.41, 5.74) is 2.06. The lowest BCUT2D eigenvalue weighted by atomic mass is 10.2. The van der Waals surface area contributed by atoms with Gasteiger partial charge in [0.15, 0.2) is 11.0 Å².